The maximum absolute atomic E-state index is 13.7. The van der Waals surface area contributed by atoms with E-state index in [1.54, 1.807) is 13.1 Å². The summed E-state index contributed by atoms with van der Waals surface area (Å²) in [7, 11) is -3.76. The molecule has 1 aliphatic heterocycles. The number of carbonyl (C=O) groups is 3. The van der Waals surface area contributed by atoms with Crippen molar-refractivity contribution in [1.82, 2.24) is 25.2 Å². The smallest absolute Gasteiger partial charge is 0.259 e. The summed E-state index contributed by atoms with van der Waals surface area (Å²) in [5, 5.41) is 7.34. The summed E-state index contributed by atoms with van der Waals surface area (Å²) < 4.78 is 33.3. The maximum Gasteiger partial charge on any atom is 0.259 e. The molecule has 2 aromatic rings. The summed E-state index contributed by atoms with van der Waals surface area (Å²) in [4.78, 5) is 46.0. The van der Waals surface area contributed by atoms with E-state index in [-0.39, 0.29) is 31.2 Å². The van der Waals surface area contributed by atoms with E-state index in [1.165, 1.54) is 4.90 Å². The van der Waals surface area contributed by atoms with E-state index in [4.69, 9.17) is 4.74 Å². The fraction of sp³-hybridized carbons (Fsp3) is 0.586. The third-order valence-electron chi connectivity index (χ3n) is 8.28. The Morgan fingerprint density at radius 2 is 1.90 bits per heavy atom. The first kappa shape index (κ1) is 29.2. The van der Waals surface area contributed by atoms with E-state index in [9.17, 15) is 22.8 Å². The molecular weight excluding hydrogens is 546 g/mol. The van der Waals surface area contributed by atoms with Gasteiger partial charge in [0.15, 0.2) is 0 Å². The first-order valence-corrected chi connectivity index (χ1v) is 16.1. The second kappa shape index (κ2) is 11.9. The molecule has 1 aromatic heterocycles. The number of sulfonamides is 1. The topological polar surface area (TPSA) is 147 Å². The zero-order chi connectivity index (χ0) is 29.2. The predicted molar refractivity (Wildman–Crippen MR) is 153 cm³/mol. The number of fused-ring (bicyclic) bond motifs is 1. The summed E-state index contributed by atoms with van der Waals surface area (Å²) >= 11 is 0. The molecule has 0 bridgehead atoms. The molecule has 3 fully saturated rings. The van der Waals surface area contributed by atoms with E-state index >= 15 is 0 Å². The van der Waals surface area contributed by atoms with Crippen molar-refractivity contribution in [2.75, 3.05) is 19.6 Å². The highest BCUT2D eigenvalue weighted by atomic mass is 32.2. The molecule has 0 radical (unpaired) electrons. The lowest BCUT2D eigenvalue weighted by atomic mass is 10.1. The van der Waals surface area contributed by atoms with Crippen LogP contribution in [0.2, 0.25) is 0 Å². The van der Waals surface area contributed by atoms with E-state index in [1.807, 2.05) is 30.3 Å². The molecule has 11 nitrogen and oxygen atoms in total. The third-order valence-corrected chi connectivity index (χ3v) is 10.1. The average Bonchev–Trinajstić information content (AvgIpc) is 3.86. The first-order valence-electron chi connectivity index (χ1n) is 14.5. The van der Waals surface area contributed by atoms with Crippen LogP contribution < -0.4 is 20.1 Å². The molecule has 2 saturated carbocycles. The summed E-state index contributed by atoms with van der Waals surface area (Å²) in [6.07, 6.45) is 5.04. The molecule has 3 amide bonds. The van der Waals surface area contributed by atoms with Gasteiger partial charge in [0.2, 0.25) is 27.7 Å². The molecule has 41 heavy (non-hydrogen) atoms. The van der Waals surface area contributed by atoms with Gasteiger partial charge in [-0.15, -0.1) is 0 Å². The van der Waals surface area contributed by atoms with Crippen LogP contribution in [0.5, 0.6) is 5.88 Å². The number of pyridine rings is 1. The molecule has 1 saturated heterocycles. The van der Waals surface area contributed by atoms with Gasteiger partial charge in [-0.2, -0.15) is 0 Å². The summed E-state index contributed by atoms with van der Waals surface area (Å²) in [5.41, 5.74) is -1.31. The molecule has 222 valence electrons. The van der Waals surface area contributed by atoms with E-state index < -0.39 is 44.8 Å². The van der Waals surface area contributed by atoms with Crippen LogP contribution in [-0.4, -0.2) is 78.6 Å². The van der Waals surface area contributed by atoms with Crippen molar-refractivity contribution in [2.45, 2.75) is 81.7 Å². The summed E-state index contributed by atoms with van der Waals surface area (Å²) in [5.74, 6) is -1.20. The number of rotatable bonds is 13. The van der Waals surface area contributed by atoms with Crippen LogP contribution >= 0.6 is 0 Å². The van der Waals surface area contributed by atoms with Gasteiger partial charge in [-0.1, -0.05) is 38.5 Å². The SMILES string of the molecule is CCCCNCCC(=O)N1C[C@H](Oc2nccc3ccccc23)C[C@H]1C(=O)N[C@]1(C(=O)NS(=O)(=O)C2CC2)C[C@H]1C. The fourth-order valence-electron chi connectivity index (χ4n) is 5.47. The van der Waals surface area contributed by atoms with Crippen molar-refractivity contribution in [3.63, 3.8) is 0 Å². The zero-order valence-electron chi connectivity index (χ0n) is 23.6. The third kappa shape index (κ3) is 6.48. The van der Waals surface area contributed by atoms with Crippen LogP contribution in [-0.2, 0) is 24.4 Å². The van der Waals surface area contributed by atoms with Gasteiger partial charge in [-0.3, -0.25) is 19.1 Å². The van der Waals surface area contributed by atoms with Gasteiger partial charge in [0, 0.05) is 31.0 Å². The highest BCUT2D eigenvalue weighted by molar-refractivity contribution is 7.91. The van der Waals surface area contributed by atoms with Crippen LogP contribution in [0, 0.1) is 5.92 Å². The van der Waals surface area contributed by atoms with Gasteiger partial charge in [0.25, 0.3) is 5.91 Å². The molecule has 2 heterocycles. The second-order valence-electron chi connectivity index (χ2n) is 11.5. The Balaban J connectivity index is 1.30. The lowest BCUT2D eigenvalue weighted by molar-refractivity contribution is -0.139. The fourth-order valence-corrected chi connectivity index (χ4v) is 6.84. The van der Waals surface area contributed by atoms with Gasteiger partial charge in [-0.05, 0) is 55.7 Å². The average molecular weight is 586 g/mol. The minimum absolute atomic E-state index is 0.190. The number of hydrogen-bond donors (Lipinski definition) is 3. The molecule has 3 aliphatic rings. The number of aromatic nitrogens is 1. The number of nitrogens with one attached hydrogen (secondary N) is 3. The predicted octanol–water partition coefficient (Wildman–Crippen LogP) is 1.87. The van der Waals surface area contributed by atoms with E-state index in [2.05, 4.69) is 27.3 Å². The second-order valence-corrected chi connectivity index (χ2v) is 13.4. The number of carbonyl (C=O) groups excluding carboxylic acids is 3. The molecule has 12 heteroatoms. The van der Waals surface area contributed by atoms with Crippen molar-refractivity contribution in [3.05, 3.63) is 36.5 Å². The molecule has 5 rings (SSSR count). The highest BCUT2D eigenvalue weighted by Crippen LogP contribution is 2.44. The number of ether oxygens (including phenoxy) is 1. The number of amides is 3. The molecule has 1 aromatic carbocycles. The zero-order valence-corrected chi connectivity index (χ0v) is 24.4. The van der Waals surface area contributed by atoms with Crippen molar-refractivity contribution in [1.29, 1.82) is 0 Å². The Kier molecular flexibility index (Phi) is 8.51. The van der Waals surface area contributed by atoms with Crippen LogP contribution in [0.1, 0.15) is 58.8 Å². The van der Waals surface area contributed by atoms with Crippen molar-refractivity contribution in [3.8, 4) is 5.88 Å². The molecular formula is C29H39N5O6S. The lowest BCUT2D eigenvalue weighted by Crippen LogP contribution is -2.56. The largest absolute Gasteiger partial charge is 0.472 e. The van der Waals surface area contributed by atoms with E-state index in [0.29, 0.717) is 31.7 Å². The van der Waals surface area contributed by atoms with Crippen molar-refractivity contribution < 1.29 is 27.5 Å². The number of nitrogens with zero attached hydrogens (tertiary/aromatic N) is 2. The first-order chi connectivity index (χ1) is 19.6. The minimum atomic E-state index is -3.76. The van der Waals surface area contributed by atoms with Crippen LogP contribution in [0.15, 0.2) is 36.5 Å². The van der Waals surface area contributed by atoms with Crippen LogP contribution in [0.3, 0.4) is 0 Å². The number of unbranched alkanes of at least 4 members (excludes halogenated alkanes) is 1. The Morgan fingerprint density at radius 1 is 1.15 bits per heavy atom. The minimum Gasteiger partial charge on any atom is -0.472 e. The van der Waals surface area contributed by atoms with Crippen LogP contribution in [0.25, 0.3) is 10.8 Å². The van der Waals surface area contributed by atoms with Gasteiger partial charge in [0.1, 0.15) is 17.7 Å². The Morgan fingerprint density at radius 3 is 2.61 bits per heavy atom. The Labute approximate surface area is 240 Å². The highest BCUT2D eigenvalue weighted by Gasteiger charge is 2.60. The molecule has 0 spiro atoms. The quantitative estimate of drug-likeness (QED) is 0.302. The van der Waals surface area contributed by atoms with Gasteiger partial charge in [0.05, 0.1) is 11.8 Å². The molecule has 2 aliphatic carbocycles. The summed E-state index contributed by atoms with van der Waals surface area (Å²) in [6, 6.07) is 8.72. The van der Waals surface area contributed by atoms with Gasteiger partial charge >= 0.3 is 0 Å². The maximum atomic E-state index is 13.7. The standard InChI is InChI=1S/C29H39N5O6S/c1-3-4-13-30-14-12-25(35)34-18-21(40-27-23-8-6-5-7-20(23)11-15-31-27)16-24(34)26(36)32-29(17-19(29)2)28(37)33-41(38,39)22-9-10-22/h5-8,11,15,19,21-22,24,30H,3-4,9-10,12-14,16-18H2,1-2H3,(H,32,36)(H,33,37)/t19-,21-,24+,29-/m1/s1. The Bertz CT molecular complexity index is 1410. The Hall–Kier alpha value is -3.25. The monoisotopic (exact) mass is 585 g/mol. The lowest BCUT2D eigenvalue weighted by Gasteiger charge is -2.26. The molecule has 4 atom stereocenters. The van der Waals surface area contributed by atoms with Crippen LogP contribution in [0.4, 0.5) is 0 Å². The number of hydrogen-bond acceptors (Lipinski definition) is 8. The number of likely N-dealkylation sites (tertiary alicyclic amines) is 1. The summed E-state index contributed by atoms with van der Waals surface area (Å²) in [6.45, 7) is 5.39. The van der Waals surface area contributed by atoms with E-state index in [0.717, 1.165) is 30.2 Å². The van der Waals surface area contributed by atoms with Crippen molar-refractivity contribution >= 4 is 38.5 Å². The van der Waals surface area contributed by atoms with Crippen molar-refractivity contribution in [2.24, 2.45) is 5.92 Å². The number of benzene rings is 1. The van der Waals surface area contributed by atoms with Gasteiger partial charge < -0.3 is 20.3 Å². The van der Waals surface area contributed by atoms with Gasteiger partial charge in [-0.25, -0.2) is 13.4 Å². The molecule has 3 N–H and O–H groups in total. The molecule has 0 unspecified atom stereocenters. The normalized spacial score (nSPS) is 25.6.